The summed E-state index contributed by atoms with van der Waals surface area (Å²) in [5.41, 5.74) is 7.46. The minimum Gasteiger partial charge on any atom is -0.382 e. The average Bonchev–Trinajstić information content (AvgIpc) is 3.17. The summed E-state index contributed by atoms with van der Waals surface area (Å²) < 4.78 is 0. The Bertz CT molecular complexity index is 724. The van der Waals surface area contributed by atoms with E-state index in [0.717, 1.165) is 29.4 Å². The number of nitrogens with two attached hydrogens (primary N) is 1. The first-order valence-corrected chi connectivity index (χ1v) is 9.99. The Morgan fingerprint density at radius 1 is 1.36 bits per heavy atom. The molecule has 0 saturated carbocycles. The molecule has 1 aromatic carbocycles. The van der Waals surface area contributed by atoms with Gasteiger partial charge in [-0.25, -0.2) is 0 Å². The number of aliphatic hydroxyl groups is 1. The van der Waals surface area contributed by atoms with E-state index in [2.05, 4.69) is 21.6 Å². The number of hydrogen-bond donors (Lipinski definition) is 4. The second-order valence-electron chi connectivity index (χ2n) is 7.35. The zero-order valence-corrected chi connectivity index (χ0v) is 16.8. The highest BCUT2D eigenvalue weighted by atomic mass is 35.5. The minimum absolute atomic E-state index is 0.0542. The number of nitrogens with one attached hydrogen (secondary N) is 2. The van der Waals surface area contributed by atoms with Gasteiger partial charge in [-0.15, -0.1) is 0 Å². The molecular weight excluding hydrogens is 382 g/mol. The summed E-state index contributed by atoms with van der Waals surface area (Å²) in [6.07, 6.45) is -0.701. The van der Waals surface area contributed by atoms with E-state index in [0.29, 0.717) is 26.1 Å². The van der Waals surface area contributed by atoms with Gasteiger partial charge in [0.2, 0.25) is 11.8 Å². The number of amides is 2. The van der Waals surface area contributed by atoms with Crippen LogP contribution in [0.4, 0.5) is 5.69 Å². The molecule has 2 aliphatic heterocycles. The molecule has 2 amide bonds. The molecule has 8 nitrogen and oxygen atoms in total. The molecule has 0 bridgehead atoms. The van der Waals surface area contributed by atoms with Crippen molar-refractivity contribution in [2.24, 2.45) is 5.73 Å². The van der Waals surface area contributed by atoms with Crippen molar-refractivity contribution in [2.75, 3.05) is 44.2 Å². The Hall–Kier alpha value is -1.87. The van der Waals surface area contributed by atoms with E-state index in [1.807, 2.05) is 24.0 Å². The van der Waals surface area contributed by atoms with Crippen molar-refractivity contribution in [3.8, 4) is 0 Å². The number of hydrogen-bond acceptors (Lipinski definition) is 6. The lowest BCUT2D eigenvalue weighted by Crippen LogP contribution is -2.53. The molecule has 0 aliphatic carbocycles. The maximum Gasteiger partial charge on any atom is 0.250 e. The SMILES string of the molecule is Cc1c(Cl)cccc1N1CCN(C(=O)[C@H]2CC(NC(=O)[C@@H](O)CN)CN2)CC1. The highest BCUT2D eigenvalue weighted by Gasteiger charge is 2.34. The standard InChI is InChI=1S/C19H28ClN5O3/c1-12-14(20)3-2-4-16(12)24-5-7-25(8-6-24)19(28)15-9-13(11-22-15)23-18(27)17(26)10-21/h2-4,13,15,17,22,26H,5-11,21H2,1H3,(H,23,27)/t13?,15-,17+/m1/s1. The fraction of sp³-hybridized carbons (Fsp3) is 0.579. The van der Waals surface area contributed by atoms with Crippen LogP contribution in [0.3, 0.4) is 0 Å². The molecule has 2 aliphatic rings. The third-order valence-corrected chi connectivity index (χ3v) is 5.88. The summed E-state index contributed by atoms with van der Waals surface area (Å²) in [6, 6.07) is 5.38. The summed E-state index contributed by atoms with van der Waals surface area (Å²) >= 11 is 6.22. The summed E-state index contributed by atoms with van der Waals surface area (Å²) in [5, 5.41) is 16.1. The second-order valence-corrected chi connectivity index (χ2v) is 7.76. The van der Waals surface area contributed by atoms with E-state index in [4.69, 9.17) is 17.3 Å². The predicted octanol–water partition coefficient (Wildman–Crippen LogP) is -0.537. The van der Waals surface area contributed by atoms with Crippen molar-refractivity contribution < 1.29 is 14.7 Å². The molecule has 0 spiro atoms. The van der Waals surface area contributed by atoms with Gasteiger partial charge in [0.15, 0.2) is 0 Å². The average molecular weight is 410 g/mol. The van der Waals surface area contributed by atoms with Gasteiger partial charge in [-0.3, -0.25) is 9.59 Å². The van der Waals surface area contributed by atoms with Gasteiger partial charge in [0.25, 0.3) is 0 Å². The molecule has 2 fully saturated rings. The number of piperazine rings is 1. The number of carbonyl (C=O) groups is 2. The van der Waals surface area contributed by atoms with Gasteiger partial charge < -0.3 is 31.3 Å². The first-order chi connectivity index (χ1) is 13.4. The normalized spacial score (nSPS) is 23.6. The summed E-state index contributed by atoms with van der Waals surface area (Å²) in [7, 11) is 0. The molecule has 9 heteroatoms. The highest BCUT2D eigenvalue weighted by Crippen LogP contribution is 2.27. The van der Waals surface area contributed by atoms with Crippen LogP contribution in [0.1, 0.15) is 12.0 Å². The van der Waals surface area contributed by atoms with E-state index >= 15 is 0 Å². The van der Waals surface area contributed by atoms with Gasteiger partial charge in [0, 0.05) is 56.0 Å². The van der Waals surface area contributed by atoms with Crippen molar-refractivity contribution in [1.29, 1.82) is 0 Å². The van der Waals surface area contributed by atoms with Crippen molar-refractivity contribution >= 4 is 29.1 Å². The molecule has 1 unspecified atom stereocenters. The Morgan fingerprint density at radius 2 is 2.07 bits per heavy atom. The molecule has 28 heavy (non-hydrogen) atoms. The fourth-order valence-corrected chi connectivity index (χ4v) is 3.93. The maximum atomic E-state index is 12.8. The van der Waals surface area contributed by atoms with Crippen LogP contribution in [0, 0.1) is 6.92 Å². The Labute approximate surface area is 170 Å². The molecule has 3 rings (SSSR count). The molecule has 5 N–H and O–H groups in total. The van der Waals surface area contributed by atoms with Crippen LogP contribution in [0.25, 0.3) is 0 Å². The van der Waals surface area contributed by atoms with Crippen LogP contribution in [0.15, 0.2) is 18.2 Å². The van der Waals surface area contributed by atoms with Crippen LogP contribution in [0.5, 0.6) is 0 Å². The lowest BCUT2D eigenvalue weighted by molar-refractivity contribution is -0.133. The molecule has 0 radical (unpaired) electrons. The zero-order chi connectivity index (χ0) is 20.3. The van der Waals surface area contributed by atoms with Gasteiger partial charge in [-0.2, -0.15) is 0 Å². The number of rotatable bonds is 5. The maximum absolute atomic E-state index is 12.8. The number of aliphatic hydroxyl groups excluding tert-OH is 1. The molecule has 2 saturated heterocycles. The topological polar surface area (TPSA) is 111 Å². The number of nitrogens with zero attached hydrogens (tertiary/aromatic N) is 2. The van der Waals surface area contributed by atoms with Crippen molar-refractivity contribution in [2.45, 2.75) is 31.5 Å². The summed E-state index contributed by atoms with van der Waals surface area (Å²) in [5.74, 6) is -0.438. The zero-order valence-electron chi connectivity index (χ0n) is 16.0. The Balaban J connectivity index is 1.50. The largest absolute Gasteiger partial charge is 0.382 e. The first-order valence-electron chi connectivity index (χ1n) is 9.61. The monoisotopic (exact) mass is 409 g/mol. The van der Waals surface area contributed by atoms with E-state index in [9.17, 15) is 14.7 Å². The summed E-state index contributed by atoms with van der Waals surface area (Å²) in [4.78, 5) is 28.7. The lowest BCUT2D eigenvalue weighted by Gasteiger charge is -2.38. The minimum atomic E-state index is -1.21. The van der Waals surface area contributed by atoms with Gasteiger partial charge in [0.05, 0.1) is 6.04 Å². The van der Waals surface area contributed by atoms with E-state index in [-0.39, 0.29) is 24.5 Å². The van der Waals surface area contributed by atoms with E-state index < -0.39 is 12.0 Å². The van der Waals surface area contributed by atoms with Crippen LogP contribution < -0.4 is 21.3 Å². The van der Waals surface area contributed by atoms with Crippen molar-refractivity contribution in [1.82, 2.24) is 15.5 Å². The number of benzene rings is 1. The number of carbonyl (C=O) groups excluding carboxylic acids is 2. The smallest absolute Gasteiger partial charge is 0.250 e. The van der Waals surface area contributed by atoms with Gasteiger partial charge in [-0.1, -0.05) is 17.7 Å². The van der Waals surface area contributed by atoms with E-state index in [1.54, 1.807) is 0 Å². The Kier molecular flexibility index (Phi) is 6.77. The third kappa shape index (κ3) is 4.57. The van der Waals surface area contributed by atoms with E-state index in [1.165, 1.54) is 0 Å². The Morgan fingerprint density at radius 3 is 2.75 bits per heavy atom. The van der Waals surface area contributed by atoms with Crippen molar-refractivity contribution in [3.05, 3.63) is 28.8 Å². The molecule has 3 atom stereocenters. The predicted molar refractivity (Wildman–Crippen MR) is 108 cm³/mol. The fourth-order valence-electron chi connectivity index (χ4n) is 3.76. The highest BCUT2D eigenvalue weighted by molar-refractivity contribution is 6.31. The number of halogens is 1. The molecule has 154 valence electrons. The molecule has 0 aromatic heterocycles. The summed E-state index contributed by atoms with van der Waals surface area (Å²) in [6.45, 7) is 5.18. The molecule has 1 aromatic rings. The van der Waals surface area contributed by atoms with Gasteiger partial charge in [-0.05, 0) is 31.0 Å². The molecular formula is C19H28ClN5O3. The van der Waals surface area contributed by atoms with Crippen LogP contribution in [-0.2, 0) is 9.59 Å². The van der Waals surface area contributed by atoms with Crippen LogP contribution in [0.2, 0.25) is 5.02 Å². The molecule has 2 heterocycles. The van der Waals surface area contributed by atoms with Crippen LogP contribution >= 0.6 is 11.6 Å². The second kappa shape index (κ2) is 9.09. The van der Waals surface area contributed by atoms with Gasteiger partial charge >= 0.3 is 0 Å². The third-order valence-electron chi connectivity index (χ3n) is 5.47. The van der Waals surface area contributed by atoms with Crippen LogP contribution in [-0.4, -0.2) is 79.3 Å². The number of anilines is 1. The first kappa shape index (κ1) is 20.9. The quantitative estimate of drug-likeness (QED) is 0.520. The van der Waals surface area contributed by atoms with Gasteiger partial charge in [0.1, 0.15) is 6.10 Å². The lowest BCUT2D eigenvalue weighted by atomic mass is 10.1. The van der Waals surface area contributed by atoms with Crippen molar-refractivity contribution in [3.63, 3.8) is 0 Å².